The van der Waals surface area contributed by atoms with E-state index in [2.05, 4.69) is 10.3 Å². The molecule has 2 aliphatic rings. The molecule has 94 valence electrons. The Morgan fingerprint density at radius 1 is 1.39 bits per heavy atom. The summed E-state index contributed by atoms with van der Waals surface area (Å²) in [4.78, 5) is 4.64. The van der Waals surface area contributed by atoms with Gasteiger partial charge in [0.2, 0.25) is 0 Å². The summed E-state index contributed by atoms with van der Waals surface area (Å²) in [5.41, 5.74) is 1.75. The molecule has 2 aliphatic heterocycles. The second-order valence-electron chi connectivity index (χ2n) is 5.28. The van der Waals surface area contributed by atoms with E-state index >= 15 is 0 Å². The Balaban J connectivity index is 1.73. The summed E-state index contributed by atoms with van der Waals surface area (Å²) in [5, 5.41) is 3.62. The van der Waals surface area contributed by atoms with E-state index in [1.165, 1.54) is 12.8 Å². The maximum atomic E-state index is 5.90. The summed E-state index contributed by atoms with van der Waals surface area (Å²) in [6.07, 6.45) is 3.71. The molecule has 2 saturated heterocycles. The van der Waals surface area contributed by atoms with Crippen molar-refractivity contribution in [2.75, 3.05) is 7.11 Å². The van der Waals surface area contributed by atoms with Crippen LogP contribution in [0.15, 0.2) is 22.6 Å². The maximum absolute atomic E-state index is 5.90. The van der Waals surface area contributed by atoms with Crippen LogP contribution in [0.3, 0.4) is 0 Å². The second kappa shape index (κ2) is 3.72. The number of rotatable bonds is 2. The molecule has 1 aromatic carbocycles. The smallest absolute Gasteiger partial charge is 0.200 e. The van der Waals surface area contributed by atoms with Crippen molar-refractivity contribution >= 4 is 11.1 Å². The van der Waals surface area contributed by atoms with E-state index in [0.29, 0.717) is 18.0 Å². The first-order chi connectivity index (χ1) is 8.83. The van der Waals surface area contributed by atoms with Gasteiger partial charge in [-0.3, -0.25) is 0 Å². The normalized spacial score (nSPS) is 30.2. The number of benzene rings is 1. The molecule has 0 spiro atoms. The highest BCUT2D eigenvalue weighted by atomic mass is 16.5. The Morgan fingerprint density at radius 3 is 3.06 bits per heavy atom. The second-order valence-corrected chi connectivity index (χ2v) is 5.28. The number of hydrogen-bond acceptors (Lipinski definition) is 4. The highest BCUT2D eigenvalue weighted by Crippen LogP contribution is 2.40. The summed E-state index contributed by atoms with van der Waals surface area (Å²) in [6.45, 7) is 0. The van der Waals surface area contributed by atoms with E-state index in [-0.39, 0.29) is 0 Å². The topological polar surface area (TPSA) is 47.3 Å². The third-order valence-corrected chi connectivity index (χ3v) is 4.23. The van der Waals surface area contributed by atoms with E-state index in [4.69, 9.17) is 9.15 Å². The summed E-state index contributed by atoms with van der Waals surface area (Å²) < 4.78 is 11.1. The molecule has 4 heteroatoms. The van der Waals surface area contributed by atoms with Gasteiger partial charge in [-0.1, -0.05) is 0 Å². The van der Waals surface area contributed by atoms with E-state index in [1.54, 1.807) is 7.11 Å². The Labute approximate surface area is 105 Å². The van der Waals surface area contributed by atoms with E-state index in [9.17, 15) is 0 Å². The Morgan fingerprint density at radius 2 is 2.33 bits per heavy atom. The van der Waals surface area contributed by atoms with Gasteiger partial charge >= 0.3 is 0 Å². The third kappa shape index (κ3) is 1.45. The first-order valence-electron chi connectivity index (χ1n) is 6.54. The van der Waals surface area contributed by atoms with Crippen molar-refractivity contribution < 1.29 is 9.15 Å². The maximum Gasteiger partial charge on any atom is 0.200 e. The minimum atomic E-state index is 0.446. The lowest BCUT2D eigenvalue weighted by atomic mass is 9.89. The van der Waals surface area contributed by atoms with Gasteiger partial charge in [0.05, 0.1) is 13.0 Å². The fourth-order valence-electron chi connectivity index (χ4n) is 3.31. The fraction of sp³-hybridized carbons (Fsp3) is 0.500. The van der Waals surface area contributed by atoms with Crippen LogP contribution in [-0.4, -0.2) is 24.2 Å². The van der Waals surface area contributed by atoms with Crippen LogP contribution in [0.1, 0.15) is 31.1 Å². The average molecular weight is 244 g/mol. The number of aromatic nitrogens is 1. The van der Waals surface area contributed by atoms with Crippen LogP contribution in [0.5, 0.6) is 5.75 Å². The number of nitrogens with zero attached hydrogens (tertiary/aromatic N) is 1. The number of fused-ring (bicyclic) bond motifs is 3. The summed E-state index contributed by atoms with van der Waals surface area (Å²) >= 11 is 0. The SMILES string of the molecule is COc1ccc2oc(C3CC4CCC3N4)nc2c1. The molecular formula is C14H16N2O2. The predicted octanol–water partition coefficient (Wildman–Crippen LogP) is 2.44. The zero-order valence-electron chi connectivity index (χ0n) is 10.3. The molecule has 3 heterocycles. The van der Waals surface area contributed by atoms with Crippen LogP contribution < -0.4 is 10.1 Å². The van der Waals surface area contributed by atoms with Crippen LogP contribution in [0.4, 0.5) is 0 Å². The van der Waals surface area contributed by atoms with Gasteiger partial charge in [-0.2, -0.15) is 0 Å². The van der Waals surface area contributed by atoms with Gasteiger partial charge in [0.1, 0.15) is 11.3 Å². The van der Waals surface area contributed by atoms with Gasteiger partial charge < -0.3 is 14.5 Å². The molecule has 1 aromatic heterocycles. The molecule has 4 rings (SSSR count). The largest absolute Gasteiger partial charge is 0.497 e. The minimum absolute atomic E-state index is 0.446. The predicted molar refractivity (Wildman–Crippen MR) is 67.9 cm³/mol. The van der Waals surface area contributed by atoms with Crippen molar-refractivity contribution in [3.8, 4) is 5.75 Å². The lowest BCUT2D eigenvalue weighted by Gasteiger charge is -2.15. The van der Waals surface area contributed by atoms with Gasteiger partial charge in [-0.05, 0) is 31.4 Å². The third-order valence-electron chi connectivity index (χ3n) is 4.23. The number of nitrogens with one attached hydrogen (secondary N) is 1. The quantitative estimate of drug-likeness (QED) is 0.881. The molecule has 0 amide bonds. The zero-order chi connectivity index (χ0) is 12.1. The number of methoxy groups -OCH3 is 1. The molecule has 0 radical (unpaired) electrons. The minimum Gasteiger partial charge on any atom is -0.497 e. The monoisotopic (exact) mass is 244 g/mol. The molecule has 3 atom stereocenters. The first kappa shape index (κ1) is 10.4. The highest BCUT2D eigenvalue weighted by molar-refractivity contribution is 5.74. The van der Waals surface area contributed by atoms with Crippen molar-refractivity contribution in [2.45, 2.75) is 37.3 Å². The van der Waals surface area contributed by atoms with E-state index in [1.807, 2.05) is 18.2 Å². The highest BCUT2D eigenvalue weighted by Gasteiger charge is 2.42. The summed E-state index contributed by atoms with van der Waals surface area (Å²) in [7, 11) is 1.67. The number of oxazole rings is 1. The van der Waals surface area contributed by atoms with Crippen LogP contribution in [0, 0.1) is 0 Å². The molecule has 2 aromatic rings. The lowest BCUT2D eigenvalue weighted by Crippen LogP contribution is -2.21. The molecule has 4 nitrogen and oxygen atoms in total. The van der Waals surface area contributed by atoms with Gasteiger partial charge in [0.15, 0.2) is 11.5 Å². The molecule has 3 unspecified atom stereocenters. The van der Waals surface area contributed by atoms with Crippen LogP contribution in [0.2, 0.25) is 0 Å². The van der Waals surface area contributed by atoms with Crippen molar-refractivity contribution in [2.24, 2.45) is 0 Å². The molecule has 0 aliphatic carbocycles. The van der Waals surface area contributed by atoms with Crippen molar-refractivity contribution in [1.29, 1.82) is 0 Å². The molecule has 2 bridgehead atoms. The van der Waals surface area contributed by atoms with Crippen molar-refractivity contribution in [1.82, 2.24) is 10.3 Å². The van der Waals surface area contributed by atoms with Crippen molar-refractivity contribution in [3.05, 3.63) is 24.1 Å². The fourth-order valence-corrected chi connectivity index (χ4v) is 3.31. The molecule has 0 saturated carbocycles. The summed E-state index contributed by atoms with van der Waals surface area (Å²) in [6, 6.07) is 7.01. The molecule has 18 heavy (non-hydrogen) atoms. The van der Waals surface area contributed by atoms with Gasteiger partial charge in [-0.25, -0.2) is 4.98 Å². The molecular weight excluding hydrogens is 228 g/mol. The van der Waals surface area contributed by atoms with Crippen molar-refractivity contribution in [3.63, 3.8) is 0 Å². The average Bonchev–Trinajstić information content (AvgIpc) is 3.11. The van der Waals surface area contributed by atoms with Crippen LogP contribution in [0.25, 0.3) is 11.1 Å². The number of ether oxygens (including phenoxy) is 1. The lowest BCUT2D eigenvalue weighted by molar-refractivity contribution is 0.407. The van der Waals surface area contributed by atoms with Gasteiger partial charge in [-0.15, -0.1) is 0 Å². The van der Waals surface area contributed by atoms with Crippen LogP contribution in [-0.2, 0) is 0 Å². The van der Waals surface area contributed by atoms with Crippen LogP contribution >= 0.6 is 0 Å². The van der Waals surface area contributed by atoms with Gasteiger partial charge in [0, 0.05) is 18.2 Å². The van der Waals surface area contributed by atoms with Gasteiger partial charge in [0.25, 0.3) is 0 Å². The van der Waals surface area contributed by atoms with E-state index < -0.39 is 0 Å². The Kier molecular flexibility index (Phi) is 2.14. The zero-order valence-corrected chi connectivity index (χ0v) is 10.3. The number of hydrogen-bond donors (Lipinski definition) is 1. The Hall–Kier alpha value is -1.55. The standard InChI is InChI=1S/C14H16N2O2/c1-17-9-3-5-13-12(7-9)16-14(18-13)10-6-8-2-4-11(10)15-8/h3,5,7-8,10-11,15H,2,4,6H2,1H3. The first-order valence-corrected chi connectivity index (χ1v) is 6.54. The molecule has 1 N–H and O–H groups in total. The Bertz CT molecular complexity index is 592. The molecule has 2 fully saturated rings. The van der Waals surface area contributed by atoms with E-state index in [0.717, 1.165) is 29.2 Å². The summed E-state index contributed by atoms with van der Waals surface area (Å²) in [5.74, 6) is 2.16.